The van der Waals surface area contributed by atoms with E-state index in [1.165, 1.54) is 6.20 Å². The molecule has 0 aliphatic carbocycles. The van der Waals surface area contributed by atoms with Crippen LogP contribution in [0.2, 0.25) is 0 Å². The number of amides is 1. The Kier molecular flexibility index (Phi) is 5.62. The third kappa shape index (κ3) is 4.13. The van der Waals surface area contributed by atoms with E-state index in [9.17, 15) is 4.79 Å². The zero-order valence-corrected chi connectivity index (χ0v) is 12.3. The Labute approximate surface area is 118 Å². The highest BCUT2D eigenvalue weighted by Crippen LogP contribution is 2.16. The quantitative estimate of drug-likeness (QED) is 0.762. The first-order chi connectivity index (χ1) is 8.97. The number of anilines is 1. The summed E-state index contributed by atoms with van der Waals surface area (Å²) in [5.41, 5.74) is 6.32. The summed E-state index contributed by atoms with van der Waals surface area (Å²) in [4.78, 5) is 15.5. The number of carbonyl (C=O) groups is 1. The Morgan fingerprint density at radius 1 is 1.47 bits per heavy atom. The van der Waals surface area contributed by atoms with Crippen LogP contribution in [0.15, 0.2) is 12.3 Å². The summed E-state index contributed by atoms with van der Waals surface area (Å²) in [7, 11) is 3.44. The van der Waals surface area contributed by atoms with Crippen molar-refractivity contribution >= 4 is 28.9 Å². The highest BCUT2D eigenvalue weighted by atomic mass is 32.1. The number of carbonyl (C=O) groups excluding carboxylic acids is 1. The van der Waals surface area contributed by atoms with Crippen LogP contribution in [0, 0.1) is 0 Å². The average molecular weight is 281 g/mol. The first kappa shape index (κ1) is 15.3. The van der Waals surface area contributed by atoms with E-state index in [-0.39, 0.29) is 17.4 Å². The van der Waals surface area contributed by atoms with Gasteiger partial charge in [0.1, 0.15) is 4.99 Å². The van der Waals surface area contributed by atoms with Crippen LogP contribution >= 0.6 is 12.2 Å². The minimum atomic E-state index is -0.00649. The third-order valence-corrected chi connectivity index (χ3v) is 2.80. The second-order valence-corrected chi connectivity index (χ2v) is 4.78. The van der Waals surface area contributed by atoms with Gasteiger partial charge in [-0.2, -0.15) is 5.10 Å². The molecule has 1 rings (SSSR count). The molecule has 0 aliphatic rings. The summed E-state index contributed by atoms with van der Waals surface area (Å²) in [5.74, 6) is 0.556. The molecule has 1 aromatic heterocycles. The maximum absolute atomic E-state index is 11.9. The van der Waals surface area contributed by atoms with Crippen molar-refractivity contribution in [1.82, 2.24) is 15.1 Å². The molecule has 2 N–H and O–H groups in total. The van der Waals surface area contributed by atoms with Gasteiger partial charge >= 0.3 is 0 Å². The van der Waals surface area contributed by atoms with Gasteiger partial charge in [0.25, 0.3) is 0 Å². The molecule has 0 aromatic carbocycles. The first-order valence-corrected chi connectivity index (χ1v) is 6.44. The molecule has 19 heavy (non-hydrogen) atoms. The van der Waals surface area contributed by atoms with Crippen molar-refractivity contribution in [3.63, 3.8) is 0 Å². The van der Waals surface area contributed by atoms with E-state index < -0.39 is 0 Å². The van der Waals surface area contributed by atoms with E-state index in [0.717, 1.165) is 6.42 Å². The van der Waals surface area contributed by atoms with Crippen LogP contribution in [-0.4, -0.2) is 53.2 Å². The summed E-state index contributed by atoms with van der Waals surface area (Å²) in [6.07, 6.45) is 2.42. The lowest BCUT2D eigenvalue weighted by Crippen LogP contribution is -2.38. The largest absolute Gasteiger partial charge is 0.389 e. The van der Waals surface area contributed by atoms with Crippen LogP contribution in [0.5, 0.6) is 0 Å². The van der Waals surface area contributed by atoms with Crippen molar-refractivity contribution in [1.29, 1.82) is 0 Å². The lowest BCUT2D eigenvalue weighted by atomic mass is 10.2. The number of hydrogen-bond acceptors (Lipinski definition) is 5. The molecule has 6 nitrogen and oxygen atoms in total. The standard InChI is InChI=1S/C12H19N5OS/c1-4-7-17(8-10(18)16(2)3)12-9(11(13)19)5-6-14-15-12/h5-6H,4,7-8H2,1-3H3,(H2,13,19). The number of aromatic nitrogens is 2. The fourth-order valence-corrected chi connectivity index (χ4v) is 1.74. The first-order valence-electron chi connectivity index (χ1n) is 6.04. The lowest BCUT2D eigenvalue weighted by Gasteiger charge is -2.25. The van der Waals surface area contributed by atoms with Gasteiger partial charge in [-0.05, 0) is 12.5 Å². The highest BCUT2D eigenvalue weighted by molar-refractivity contribution is 7.80. The van der Waals surface area contributed by atoms with Gasteiger partial charge < -0.3 is 15.5 Å². The molecule has 0 atom stereocenters. The van der Waals surface area contributed by atoms with Gasteiger partial charge in [0.05, 0.1) is 18.3 Å². The summed E-state index contributed by atoms with van der Waals surface area (Å²) in [6, 6.07) is 1.72. The van der Waals surface area contributed by atoms with Crippen molar-refractivity contribution in [2.24, 2.45) is 5.73 Å². The molecule has 1 heterocycles. The number of rotatable bonds is 6. The molecule has 7 heteroatoms. The topological polar surface area (TPSA) is 75.4 Å². The molecule has 1 amide bonds. The second-order valence-electron chi connectivity index (χ2n) is 4.34. The summed E-state index contributed by atoms with van der Waals surface area (Å²) in [5, 5.41) is 7.92. The number of thiocarbonyl (C=S) groups is 1. The van der Waals surface area contributed by atoms with Gasteiger partial charge in [0, 0.05) is 20.6 Å². The third-order valence-electron chi connectivity index (χ3n) is 2.58. The zero-order valence-electron chi connectivity index (χ0n) is 11.5. The molecular formula is C12H19N5OS. The van der Waals surface area contributed by atoms with Gasteiger partial charge in [-0.25, -0.2) is 0 Å². The van der Waals surface area contributed by atoms with Crippen LogP contribution in [0.3, 0.4) is 0 Å². The fraction of sp³-hybridized carbons (Fsp3) is 0.500. The van der Waals surface area contributed by atoms with E-state index >= 15 is 0 Å². The van der Waals surface area contributed by atoms with Crippen LogP contribution in [0.4, 0.5) is 5.82 Å². The molecule has 0 spiro atoms. The number of nitrogens with zero attached hydrogens (tertiary/aromatic N) is 4. The smallest absolute Gasteiger partial charge is 0.241 e. The number of hydrogen-bond donors (Lipinski definition) is 1. The number of nitrogens with two attached hydrogens (primary N) is 1. The Bertz CT molecular complexity index is 463. The van der Waals surface area contributed by atoms with Gasteiger partial charge in [0.15, 0.2) is 5.82 Å². The normalized spacial score (nSPS) is 10.1. The van der Waals surface area contributed by atoms with E-state index in [1.807, 2.05) is 11.8 Å². The number of likely N-dealkylation sites (N-methyl/N-ethyl adjacent to an activating group) is 1. The van der Waals surface area contributed by atoms with Crippen LogP contribution in [0.1, 0.15) is 18.9 Å². The van der Waals surface area contributed by atoms with E-state index in [1.54, 1.807) is 25.1 Å². The predicted molar refractivity (Wildman–Crippen MR) is 79.1 cm³/mol. The van der Waals surface area contributed by atoms with Gasteiger partial charge in [-0.1, -0.05) is 19.1 Å². The van der Waals surface area contributed by atoms with E-state index in [4.69, 9.17) is 18.0 Å². The lowest BCUT2D eigenvalue weighted by molar-refractivity contribution is -0.127. The van der Waals surface area contributed by atoms with Crippen molar-refractivity contribution in [2.75, 3.05) is 32.1 Å². The van der Waals surface area contributed by atoms with Crippen molar-refractivity contribution in [3.8, 4) is 0 Å². The van der Waals surface area contributed by atoms with Gasteiger partial charge in [0.2, 0.25) is 5.91 Å². The maximum Gasteiger partial charge on any atom is 0.241 e. The molecule has 0 bridgehead atoms. The molecule has 0 saturated heterocycles. The highest BCUT2D eigenvalue weighted by Gasteiger charge is 2.18. The van der Waals surface area contributed by atoms with E-state index in [2.05, 4.69) is 10.2 Å². The molecule has 1 aromatic rings. The monoisotopic (exact) mass is 281 g/mol. The molecule has 0 saturated carbocycles. The van der Waals surface area contributed by atoms with Crippen molar-refractivity contribution < 1.29 is 4.79 Å². The zero-order chi connectivity index (χ0) is 14.4. The maximum atomic E-state index is 11.9. The fourth-order valence-electron chi connectivity index (χ4n) is 1.58. The Hall–Kier alpha value is -1.76. The van der Waals surface area contributed by atoms with Crippen LogP contribution < -0.4 is 10.6 Å². The van der Waals surface area contributed by atoms with Crippen LogP contribution in [0.25, 0.3) is 0 Å². The van der Waals surface area contributed by atoms with Crippen LogP contribution in [-0.2, 0) is 4.79 Å². The minimum absolute atomic E-state index is 0.00649. The Morgan fingerprint density at radius 3 is 2.68 bits per heavy atom. The molecule has 104 valence electrons. The molecule has 0 unspecified atom stereocenters. The Morgan fingerprint density at radius 2 is 2.16 bits per heavy atom. The van der Waals surface area contributed by atoms with E-state index in [0.29, 0.717) is 17.9 Å². The average Bonchev–Trinajstić information content (AvgIpc) is 2.37. The molecule has 0 fully saturated rings. The molecule has 0 radical (unpaired) electrons. The van der Waals surface area contributed by atoms with Crippen molar-refractivity contribution in [2.45, 2.75) is 13.3 Å². The summed E-state index contributed by atoms with van der Waals surface area (Å²) in [6.45, 7) is 2.95. The summed E-state index contributed by atoms with van der Waals surface area (Å²) < 4.78 is 0. The van der Waals surface area contributed by atoms with Crippen molar-refractivity contribution in [3.05, 3.63) is 17.8 Å². The predicted octanol–water partition coefficient (Wildman–Crippen LogP) is 0.415. The molecule has 0 aliphatic heterocycles. The minimum Gasteiger partial charge on any atom is -0.389 e. The molecular weight excluding hydrogens is 262 g/mol. The van der Waals surface area contributed by atoms with Gasteiger partial charge in [-0.3, -0.25) is 4.79 Å². The SMILES string of the molecule is CCCN(CC(=O)N(C)C)c1nnccc1C(N)=S. The van der Waals surface area contributed by atoms with Gasteiger partial charge in [-0.15, -0.1) is 5.10 Å². The Balaban J connectivity index is 3.05. The second kappa shape index (κ2) is 6.98. The summed E-state index contributed by atoms with van der Waals surface area (Å²) >= 11 is 5.01.